The van der Waals surface area contributed by atoms with Gasteiger partial charge >= 0.3 is 6.09 Å². The van der Waals surface area contributed by atoms with Crippen molar-refractivity contribution in [1.29, 1.82) is 0 Å². The number of ether oxygens (including phenoxy) is 1. The van der Waals surface area contributed by atoms with Gasteiger partial charge in [-0.1, -0.05) is 30.3 Å². The highest BCUT2D eigenvalue weighted by atomic mass is 16.6. The van der Waals surface area contributed by atoms with E-state index < -0.39 is 6.04 Å². The molecule has 2 aromatic rings. The molecule has 1 saturated heterocycles. The van der Waals surface area contributed by atoms with Crippen LogP contribution >= 0.6 is 0 Å². The van der Waals surface area contributed by atoms with E-state index in [2.05, 4.69) is 10.4 Å². The van der Waals surface area contributed by atoms with Gasteiger partial charge < -0.3 is 15.0 Å². The molecular formula is C21H26N4O4. The smallest absolute Gasteiger partial charge is 0.409 e. The Morgan fingerprint density at radius 3 is 2.52 bits per heavy atom. The van der Waals surface area contributed by atoms with Gasteiger partial charge in [-0.25, -0.2) is 9.48 Å². The molecule has 0 spiro atoms. The van der Waals surface area contributed by atoms with E-state index in [9.17, 15) is 14.4 Å². The van der Waals surface area contributed by atoms with Crippen LogP contribution in [0.4, 0.5) is 4.79 Å². The van der Waals surface area contributed by atoms with Crippen LogP contribution in [-0.4, -0.2) is 52.4 Å². The molecule has 0 aliphatic carbocycles. The standard InChI is InChI=1S/C21H26N4O4/c1-3-29-21(28)24-13-11-17(12-14-24)22-20(27)15(2)25-19(26)10-9-18(23-25)16-7-5-4-6-8-16/h4-10,15,17H,3,11-14H2,1-2H3,(H,22,27). The zero-order chi connectivity index (χ0) is 20.8. The maximum absolute atomic E-state index is 12.7. The fraction of sp³-hybridized carbons (Fsp3) is 0.429. The van der Waals surface area contributed by atoms with Gasteiger partial charge in [-0.2, -0.15) is 5.10 Å². The number of amides is 2. The average Bonchev–Trinajstić information content (AvgIpc) is 2.75. The first-order valence-electron chi connectivity index (χ1n) is 9.87. The number of likely N-dealkylation sites (tertiary alicyclic amines) is 1. The van der Waals surface area contributed by atoms with Gasteiger partial charge in [0.25, 0.3) is 5.56 Å². The Kier molecular flexibility index (Phi) is 6.64. The van der Waals surface area contributed by atoms with Crippen molar-refractivity contribution < 1.29 is 14.3 Å². The van der Waals surface area contributed by atoms with Crippen LogP contribution < -0.4 is 10.9 Å². The molecule has 1 atom stereocenters. The molecule has 2 amide bonds. The van der Waals surface area contributed by atoms with E-state index >= 15 is 0 Å². The molecule has 1 aliphatic rings. The molecular weight excluding hydrogens is 372 g/mol. The molecule has 154 valence electrons. The molecule has 8 nitrogen and oxygen atoms in total. The van der Waals surface area contributed by atoms with E-state index in [1.165, 1.54) is 10.7 Å². The van der Waals surface area contributed by atoms with Crippen LogP contribution in [0.3, 0.4) is 0 Å². The number of hydrogen-bond donors (Lipinski definition) is 1. The largest absolute Gasteiger partial charge is 0.450 e. The highest BCUT2D eigenvalue weighted by Crippen LogP contribution is 2.16. The second kappa shape index (κ2) is 9.36. The third-order valence-electron chi connectivity index (χ3n) is 5.01. The van der Waals surface area contributed by atoms with E-state index in [1.807, 2.05) is 30.3 Å². The van der Waals surface area contributed by atoms with Gasteiger partial charge in [0.05, 0.1) is 12.3 Å². The first kappa shape index (κ1) is 20.6. The summed E-state index contributed by atoms with van der Waals surface area (Å²) in [4.78, 5) is 38.4. The molecule has 1 fully saturated rings. The van der Waals surface area contributed by atoms with Crippen molar-refractivity contribution in [3.05, 3.63) is 52.8 Å². The molecule has 3 rings (SSSR count). The molecule has 8 heteroatoms. The van der Waals surface area contributed by atoms with Crippen LogP contribution in [0, 0.1) is 0 Å². The molecule has 0 bridgehead atoms. The minimum Gasteiger partial charge on any atom is -0.450 e. The highest BCUT2D eigenvalue weighted by Gasteiger charge is 2.27. The first-order valence-corrected chi connectivity index (χ1v) is 9.87. The fourth-order valence-corrected chi connectivity index (χ4v) is 3.32. The van der Waals surface area contributed by atoms with E-state index in [1.54, 1.807) is 24.8 Å². The first-order chi connectivity index (χ1) is 14.0. The van der Waals surface area contributed by atoms with Crippen molar-refractivity contribution in [2.24, 2.45) is 0 Å². The monoisotopic (exact) mass is 398 g/mol. The molecule has 29 heavy (non-hydrogen) atoms. The van der Waals surface area contributed by atoms with Crippen LogP contribution in [0.2, 0.25) is 0 Å². The lowest BCUT2D eigenvalue weighted by Crippen LogP contribution is -2.48. The number of nitrogens with zero attached hydrogens (tertiary/aromatic N) is 3. The summed E-state index contributed by atoms with van der Waals surface area (Å²) in [5, 5.41) is 7.36. The predicted molar refractivity (Wildman–Crippen MR) is 108 cm³/mol. The Morgan fingerprint density at radius 2 is 1.86 bits per heavy atom. The summed E-state index contributed by atoms with van der Waals surface area (Å²) < 4.78 is 6.22. The second-order valence-corrected chi connectivity index (χ2v) is 7.01. The number of rotatable bonds is 5. The van der Waals surface area contributed by atoms with Crippen LogP contribution in [0.1, 0.15) is 32.7 Å². The van der Waals surface area contributed by atoms with E-state index in [4.69, 9.17) is 4.74 Å². The quantitative estimate of drug-likeness (QED) is 0.833. The number of hydrogen-bond acceptors (Lipinski definition) is 5. The fourth-order valence-electron chi connectivity index (χ4n) is 3.32. The molecule has 0 radical (unpaired) electrons. The van der Waals surface area contributed by atoms with Crippen molar-refractivity contribution in [3.63, 3.8) is 0 Å². The van der Waals surface area contributed by atoms with E-state index in [0.29, 0.717) is 38.2 Å². The number of piperidine rings is 1. The molecule has 1 aromatic carbocycles. The Balaban J connectivity index is 1.64. The Bertz CT molecular complexity index is 904. The number of carbonyl (C=O) groups is 2. The van der Waals surface area contributed by atoms with E-state index in [0.717, 1.165) is 5.56 Å². The van der Waals surface area contributed by atoms with Gasteiger partial charge in [0, 0.05) is 30.8 Å². The topological polar surface area (TPSA) is 93.5 Å². The second-order valence-electron chi connectivity index (χ2n) is 7.01. The summed E-state index contributed by atoms with van der Waals surface area (Å²) in [7, 11) is 0. The normalized spacial score (nSPS) is 15.6. The van der Waals surface area contributed by atoms with Crippen LogP contribution in [0.25, 0.3) is 11.3 Å². The van der Waals surface area contributed by atoms with Crippen molar-refractivity contribution in [2.75, 3.05) is 19.7 Å². The molecule has 2 heterocycles. The van der Waals surface area contributed by atoms with Gasteiger partial charge in [0.1, 0.15) is 6.04 Å². The van der Waals surface area contributed by atoms with Gasteiger partial charge in [-0.3, -0.25) is 9.59 Å². The van der Waals surface area contributed by atoms with Gasteiger partial charge in [-0.05, 0) is 32.8 Å². The molecule has 1 aliphatic heterocycles. The van der Waals surface area contributed by atoms with Crippen LogP contribution in [-0.2, 0) is 9.53 Å². The summed E-state index contributed by atoms with van der Waals surface area (Å²) in [6.45, 7) is 4.83. The summed E-state index contributed by atoms with van der Waals surface area (Å²) in [6.07, 6.45) is 0.965. The van der Waals surface area contributed by atoms with Crippen molar-refractivity contribution in [3.8, 4) is 11.3 Å². The van der Waals surface area contributed by atoms with Gasteiger partial charge in [0.15, 0.2) is 0 Å². The van der Waals surface area contributed by atoms with Gasteiger partial charge in [-0.15, -0.1) is 0 Å². The average molecular weight is 398 g/mol. The minimum atomic E-state index is -0.741. The van der Waals surface area contributed by atoms with E-state index in [-0.39, 0.29) is 23.6 Å². The predicted octanol–water partition coefficient (Wildman–Crippen LogP) is 2.21. The lowest BCUT2D eigenvalue weighted by Gasteiger charge is -2.32. The lowest BCUT2D eigenvalue weighted by molar-refractivity contribution is -0.125. The third-order valence-corrected chi connectivity index (χ3v) is 5.01. The highest BCUT2D eigenvalue weighted by molar-refractivity contribution is 5.80. The van der Waals surface area contributed by atoms with Crippen LogP contribution in [0.15, 0.2) is 47.3 Å². The number of carbonyl (C=O) groups excluding carboxylic acids is 2. The Hall–Kier alpha value is -3.16. The van der Waals surface area contributed by atoms with Crippen molar-refractivity contribution >= 4 is 12.0 Å². The Morgan fingerprint density at radius 1 is 1.17 bits per heavy atom. The van der Waals surface area contributed by atoms with Crippen molar-refractivity contribution in [2.45, 2.75) is 38.8 Å². The zero-order valence-corrected chi connectivity index (χ0v) is 16.7. The molecule has 1 unspecified atom stereocenters. The summed E-state index contributed by atoms with van der Waals surface area (Å²) >= 11 is 0. The minimum absolute atomic E-state index is 0.0522. The Labute approximate surface area is 169 Å². The third kappa shape index (κ3) is 5.01. The van der Waals surface area contributed by atoms with Crippen LogP contribution in [0.5, 0.6) is 0 Å². The maximum Gasteiger partial charge on any atom is 0.409 e. The SMILES string of the molecule is CCOC(=O)N1CCC(NC(=O)C(C)n2nc(-c3ccccc3)ccc2=O)CC1. The molecule has 0 saturated carbocycles. The molecule has 1 aromatic heterocycles. The zero-order valence-electron chi connectivity index (χ0n) is 16.7. The van der Waals surface area contributed by atoms with Gasteiger partial charge in [0.2, 0.25) is 5.91 Å². The number of aromatic nitrogens is 2. The number of benzene rings is 1. The van der Waals surface area contributed by atoms with Crippen molar-refractivity contribution in [1.82, 2.24) is 20.0 Å². The number of nitrogens with one attached hydrogen (secondary N) is 1. The summed E-state index contributed by atoms with van der Waals surface area (Å²) in [5.74, 6) is -0.264. The summed E-state index contributed by atoms with van der Waals surface area (Å²) in [6, 6.07) is 11.8. The lowest BCUT2D eigenvalue weighted by atomic mass is 10.0. The summed E-state index contributed by atoms with van der Waals surface area (Å²) in [5.41, 5.74) is 1.18. The molecule has 1 N–H and O–H groups in total. The maximum atomic E-state index is 12.7.